The van der Waals surface area contributed by atoms with E-state index in [1.165, 1.54) is 24.3 Å². The lowest BCUT2D eigenvalue weighted by Gasteiger charge is -2.09. The molecule has 0 aliphatic carbocycles. The number of ketones is 1. The Morgan fingerprint density at radius 3 is 2.35 bits per heavy atom. The van der Waals surface area contributed by atoms with Crippen LogP contribution in [0.3, 0.4) is 0 Å². The van der Waals surface area contributed by atoms with Crippen molar-refractivity contribution in [1.29, 1.82) is 0 Å². The summed E-state index contributed by atoms with van der Waals surface area (Å²) >= 11 is 0. The first-order valence-corrected chi connectivity index (χ1v) is 6.41. The van der Waals surface area contributed by atoms with E-state index >= 15 is 0 Å². The molecule has 2 N–H and O–H groups in total. The molecule has 2 aromatic rings. The fraction of sp³-hybridized carbons (Fsp3) is 0.188. The summed E-state index contributed by atoms with van der Waals surface area (Å²) in [7, 11) is 0. The van der Waals surface area contributed by atoms with Crippen molar-refractivity contribution in [3.63, 3.8) is 0 Å². The molecule has 4 nitrogen and oxygen atoms in total. The summed E-state index contributed by atoms with van der Waals surface area (Å²) in [5.74, 6) is 0.239. The van der Waals surface area contributed by atoms with Crippen molar-refractivity contribution in [2.75, 3.05) is 6.61 Å². The molecule has 0 radical (unpaired) electrons. The first kappa shape index (κ1) is 13.9. The van der Waals surface area contributed by atoms with Gasteiger partial charge in [0, 0.05) is 11.1 Å². The van der Waals surface area contributed by atoms with Crippen LogP contribution in [0.15, 0.2) is 42.5 Å². The minimum absolute atomic E-state index is 0.0145. The number of phenolic OH excluding ortho intramolecular Hbond substituents is 2. The molecule has 0 heterocycles. The molecule has 0 aromatic heterocycles. The highest BCUT2D eigenvalue weighted by atomic mass is 16.5. The molecule has 20 heavy (non-hydrogen) atoms. The maximum atomic E-state index is 12.3. The van der Waals surface area contributed by atoms with Crippen LogP contribution in [0, 0.1) is 0 Å². The molecule has 4 heteroatoms. The smallest absolute Gasteiger partial charge is 0.193 e. The number of carbonyl (C=O) groups is 1. The Labute approximate surface area is 117 Å². The molecule has 0 fully saturated rings. The molecule has 0 unspecified atom stereocenters. The van der Waals surface area contributed by atoms with Crippen molar-refractivity contribution in [1.82, 2.24) is 0 Å². The van der Waals surface area contributed by atoms with E-state index in [4.69, 9.17) is 4.74 Å². The third kappa shape index (κ3) is 3.09. The average molecular weight is 272 g/mol. The van der Waals surface area contributed by atoms with Gasteiger partial charge in [0.15, 0.2) is 17.3 Å². The second kappa shape index (κ2) is 6.10. The number of rotatable bonds is 5. The van der Waals surface area contributed by atoms with Gasteiger partial charge in [0.1, 0.15) is 5.75 Å². The van der Waals surface area contributed by atoms with Gasteiger partial charge in [-0.25, -0.2) is 0 Å². The fourth-order valence-corrected chi connectivity index (χ4v) is 1.76. The molecule has 0 bridgehead atoms. The molecule has 0 amide bonds. The van der Waals surface area contributed by atoms with Gasteiger partial charge >= 0.3 is 0 Å². The maximum Gasteiger partial charge on any atom is 0.193 e. The zero-order chi connectivity index (χ0) is 14.5. The molecule has 0 spiro atoms. The molecule has 0 aliphatic rings. The number of carbonyl (C=O) groups excluding carboxylic acids is 1. The van der Waals surface area contributed by atoms with Crippen molar-refractivity contribution >= 4 is 5.78 Å². The first-order chi connectivity index (χ1) is 9.61. The van der Waals surface area contributed by atoms with Crippen LogP contribution in [-0.2, 0) is 0 Å². The van der Waals surface area contributed by atoms with Gasteiger partial charge in [-0.2, -0.15) is 0 Å². The van der Waals surface area contributed by atoms with E-state index in [1.54, 1.807) is 18.2 Å². The molecular weight excluding hydrogens is 256 g/mol. The Balaban J connectivity index is 2.28. The lowest BCUT2D eigenvalue weighted by molar-refractivity contribution is 0.103. The summed E-state index contributed by atoms with van der Waals surface area (Å²) in [6, 6.07) is 10.5. The van der Waals surface area contributed by atoms with E-state index in [2.05, 4.69) is 0 Å². The van der Waals surface area contributed by atoms with Crippen LogP contribution in [0.1, 0.15) is 29.3 Å². The minimum atomic E-state index is -0.189. The second-order valence-electron chi connectivity index (χ2n) is 4.41. The van der Waals surface area contributed by atoms with E-state index in [0.29, 0.717) is 23.5 Å². The summed E-state index contributed by atoms with van der Waals surface area (Å²) in [5.41, 5.74) is 0.898. The van der Waals surface area contributed by atoms with Crippen LogP contribution in [0.2, 0.25) is 0 Å². The summed E-state index contributed by atoms with van der Waals surface area (Å²) in [6.07, 6.45) is 0.815. The summed E-state index contributed by atoms with van der Waals surface area (Å²) in [5, 5.41) is 18.9. The van der Waals surface area contributed by atoms with Gasteiger partial charge in [0.05, 0.1) is 6.61 Å². The maximum absolute atomic E-state index is 12.3. The fourth-order valence-electron chi connectivity index (χ4n) is 1.76. The highest BCUT2D eigenvalue weighted by Gasteiger charge is 2.12. The Kier molecular flexibility index (Phi) is 4.25. The third-order valence-corrected chi connectivity index (χ3v) is 2.81. The zero-order valence-electron chi connectivity index (χ0n) is 11.2. The van der Waals surface area contributed by atoms with Crippen molar-refractivity contribution in [2.45, 2.75) is 13.3 Å². The Morgan fingerprint density at radius 1 is 1.05 bits per heavy atom. The van der Waals surface area contributed by atoms with Gasteiger partial charge in [-0.1, -0.05) is 6.92 Å². The van der Waals surface area contributed by atoms with E-state index in [-0.39, 0.29) is 17.3 Å². The van der Waals surface area contributed by atoms with Crippen LogP contribution in [-0.4, -0.2) is 22.6 Å². The third-order valence-electron chi connectivity index (χ3n) is 2.81. The van der Waals surface area contributed by atoms with Gasteiger partial charge in [-0.15, -0.1) is 0 Å². The highest BCUT2D eigenvalue weighted by molar-refractivity contribution is 6.09. The lowest BCUT2D eigenvalue weighted by Crippen LogP contribution is -2.02. The predicted molar refractivity (Wildman–Crippen MR) is 75.4 cm³/mol. The minimum Gasteiger partial charge on any atom is -0.508 e. The largest absolute Gasteiger partial charge is 0.508 e. The van der Waals surface area contributed by atoms with Gasteiger partial charge in [-0.3, -0.25) is 4.79 Å². The van der Waals surface area contributed by atoms with E-state index in [0.717, 1.165) is 6.42 Å². The highest BCUT2D eigenvalue weighted by Crippen LogP contribution is 2.28. The average Bonchev–Trinajstić information content (AvgIpc) is 2.46. The summed E-state index contributed by atoms with van der Waals surface area (Å²) in [4.78, 5) is 12.3. The van der Waals surface area contributed by atoms with Crippen molar-refractivity contribution in [3.8, 4) is 17.2 Å². The molecule has 2 rings (SSSR count). The van der Waals surface area contributed by atoms with Gasteiger partial charge in [0.25, 0.3) is 0 Å². The van der Waals surface area contributed by atoms with Crippen molar-refractivity contribution < 1.29 is 19.7 Å². The van der Waals surface area contributed by atoms with Gasteiger partial charge < -0.3 is 14.9 Å². The summed E-state index contributed by atoms with van der Waals surface area (Å²) < 4.78 is 5.39. The molecule has 0 atom stereocenters. The lowest BCUT2D eigenvalue weighted by atomic mass is 10.0. The van der Waals surface area contributed by atoms with Crippen LogP contribution in [0.4, 0.5) is 0 Å². The van der Waals surface area contributed by atoms with Crippen LogP contribution >= 0.6 is 0 Å². The van der Waals surface area contributed by atoms with Crippen LogP contribution in [0.25, 0.3) is 0 Å². The summed E-state index contributed by atoms with van der Waals surface area (Å²) in [6.45, 7) is 2.44. The van der Waals surface area contributed by atoms with E-state index in [1.807, 2.05) is 6.92 Å². The van der Waals surface area contributed by atoms with Gasteiger partial charge in [0.2, 0.25) is 0 Å². The van der Waals surface area contributed by atoms with Crippen molar-refractivity contribution in [3.05, 3.63) is 53.6 Å². The number of phenols is 2. The topological polar surface area (TPSA) is 66.8 Å². The Bertz CT molecular complexity index is 602. The molecule has 104 valence electrons. The normalized spacial score (nSPS) is 10.2. The number of hydrogen-bond acceptors (Lipinski definition) is 4. The number of aromatic hydroxyl groups is 2. The second-order valence-corrected chi connectivity index (χ2v) is 4.41. The Morgan fingerprint density at radius 2 is 1.70 bits per heavy atom. The van der Waals surface area contributed by atoms with E-state index in [9.17, 15) is 15.0 Å². The predicted octanol–water partition coefficient (Wildman–Crippen LogP) is 3.12. The molecule has 0 saturated heterocycles. The number of hydrogen-bond donors (Lipinski definition) is 2. The molecule has 2 aromatic carbocycles. The SMILES string of the molecule is CCCOc1cc(C(=O)c2ccc(O)cc2)ccc1O. The quantitative estimate of drug-likeness (QED) is 0.821. The standard InChI is InChI=1S/C16H16O4/c1-2-9-20-15-10-12(5-8-14(15)18)16(19)11-3-6-13(17)7-4-11/h3-8,10,17-18H,2,9H2,1H3. The molecule has 0 aliphatic heterocycles. The van der Waals surface area contributed by atoms with Crippen LogP contribution in [0.5, 0.6) is 17.2 Å². The van der Waals surface area contributed by atoms with E-state index < -0.39 is 0 Å². The molecular formula is C16H16O4. The molecule has 0 saturated carbocycles. The first-order valence-electron chi connectivity index (χ1n) is 6.41. The zero-order valence-corrected chi connectivity index (χ0v) is 11.2. The number of benzene rings is 2. The monoisotopic (exact) mass is 272 g/mol. The van der Waals surface area contributed by atoms with Gasteiger partial charge in [-0.05, 0) is 48.9 Å². The number of ether oxygens (including phenoxy) is 1. The Hall–Kier alpha value is -2.49. The van der Waals surface area contributed by atoms with Crippen LogP contribution < -0.4 is 4.74 Å². The van der Waals surface area contributed by atoms with Crippen molar-refractivity contribution in [2.24, 2.45) is 0 Å².